The van der Waals surface area contributed by atoms with Gasteiger partial charge in [-0.15, -0.1) is 0 Å². The summed E-state index contributed by atoms with van der Waals surface area (Å²) in [6.45, 7) is 1.38. The summed E-state index contributed by atoms with van der Waals surface area (Å²) in [6, 6.07) is 11.1. The van der Waals surface area contributed by atoms with Crippen molar-refractivity contribution in [3.63, 3.8) is 0 Å². The minimum absolute atomic E-state index is 0.113. The SMILES string of the molecule is O=C(C=Cc1cccnc1)N1CCN(S(=O)(=O)c2ccc(C3CCCCC3)cc2)CC1. The third-order valence-electron chi connectivity index (χ3n) is 6.25. The molecule has 0 N–H and O–H groups in total. The smallest absolute Gasteiger partial charge is 0.246 e. The molecule has 164 valence electrons. The molecule has 7 heteroatoms. The monoisotopic (exact) mass is 439 g/mol. The van der Waals surface area contributed by atoms with Crippen molar-refractivity contribution in [3.8, 4) is 0 Å². The number of pyridine rings is 1. The number of hydrogen-bond donors (Lipinski definition) is 0. The van der Waals surface area contributed by atoms with Crippen molar-refractivity contribution in [3.05, 3.63) is 66.0 Å². The van der Waals surface area contributed by atoms with Crippen LogP contribution < -0.4 is 0 Å². The van der Waals surface area contributed by atoms with Gasteiger partial charge in [-0.25, -0.2) is 8.42 Å². The maximum atomic E-state index is 13.1. The van der Waals surface area contributed by atoms with E-state index in [-0.39, 0.29) is 5.91 Å². The second-order valence-corrected chi connectivity index (χ2v) is 10.2. The molecular formula is C24H29N3O3S. The third kappa shape index (κ3) is 5.22. The highest BCUT2D eigenvalue weighted by atomic mass is 32.2. The molecule has 0 atom stereocenters. The Kier molecular flexibility index (Phi) is 6.83. The van der Waals surface area contributed by atoms with Gasteiger partial charge in [-0.2, -0.15) is 4.31 Å². The molecule has 6 nitrogen and oxygen atoms in total. The van der Waals surface area contributed by atoms with Crippen LogP contribution in [-0.2, 0) is 14.8 Å². The molecule has 31 heavy (non-hydrogen) atoms. The van der Waals surface area contributed by atoms with Gasteiger partial charge in [0.25, 0.3) is 0 Å². The summed E-state index contributed by atoms with van der Waals surface area (Å²) >= 11 is 0. The number of carbonyl (C=O) groups excluding carboxylic acids is 1. The average molecular weight is 440 g/mol. The van der Waals surface area contributed by atoms with Gasteiger partial charge in [0.2, 0.25) is 15.9 Å². The first-order valence-corrected chi connectivity index (χ1v) is 12.5. The van der Waals surface area contributed by atoms with E-state index in [1.807, 2.05) is 24.3 Å². The number of piperazine rings is 1. The maximum absolute atomic E-state index is 13.1. The van der Waals surface area contributed by atoms with E-state index in [1.165, 1.54) is 48.0 Å². The molecule has 1 saturated heterocycles. The van der Waals surface area contributed by atoms with Crippen molar-refractivity contribution < 1.29 is 13.2 Å². The van der Waals surface area contributed by atoms with Crippen LogP contribution in [0.3, 0.4) is 0 Å². The lowest BCUT2D eigenvalue weighted by Gasteiger charge is -2.33. The van der Waals surface area contributed by atoms with Crippen LogP contribution in [-0.4, -0.2) is 54.7 Å². The van der Waals surface area contributed by atoms with E-state index in [1.54, 1.807) is 35.5 Å². The summed E-state index contributed by atoms with van der Waals surface area (Å²) in [5.41, 5.74) is 2.10. The molecule has 1 aromatic carbocycles. The van der Waals surface area contributed by atoms with E-state index in [0.717, 1.165) is 5.56 Å². The first kappa shape index (κ1) is 21.7. The van der Waals surface area contributed by atoms with E-state index in [4.69, 9.17) is 0 Å². The molecule has 2 aromatic rings. The van der Waals surface area contributed by atoms with Gasteiger partial charge in [-0.05, 0) is 54.2 Å². The molecular weight excluding hydrogens is 410 g/mol. The molecule has 2 aliphatic rings. The largest absolute Gasteiger partial charge is 0.337 e. The van der Waals surface area contributed by atoms with E-state index in [9.17, 15) is 13.2 Å². The van der Waals surface area contributed by atoms with Gasteiger partial charge in [0, 0.05) is 44.6 Å². The topological polar surface area (TPSA) is 70.6 Å². The highest BCUT2D eigenvalue weighted by Crippen LogP contribution is 2.33. The Hall–Kier alpha value is -2.51. The Bertz CT molecular complexity index is 1010. The van der Waals surface area contributed by atoms with E-state index >= 15 is 0 Å². The minimum Gasteiger partial charge on any atom is -0.337 e. The minimum atomic E-state index is -3.54. The van der Waals surface area contributed by atoms with E-state index < -0.39 is 10.0 Å². The van der Waals surface area contributed by atoms with Crippen LogP contribution in [0.25, 0.3) is 6.08 Å². The predicted molar refractivity (Wildman–Crippen MR) is 121 cm³/mol. The lowest BCUT2D eigenvalue weighted by molar-refractivity contribution is -0.127. The third-order valence-corrected chi connectivity index (χ3v) is 8.16. The lowest BCUT2D eigenvalue weighted by Crippen LogP contribution is -2.50. The van der Waals surface area contributed by atoms with Gasteiger partial charge in [0.05, 0.1) is 4.90 Å². The van der Waals surface area contributed by atoms with E-state index in [2.05, 4.69) is 4.98 Å². The van der Waals surface area contributed by atoms with Crippen LogP contribution in [0.2, 0.25) is 0 Å². The fraction of sp³-hybridized carbons (Fsp3) is 0.417. The van der Waals surface area contributed by atoms with Gasteiger partial charge in [-0.1, -0.05) is 37.5 Å². The normalized spacial score (nSPS) is 19.0. The molecule has 1 aliphatic carbocycles. The van der Waals surface area contributed by atoms with E-state index in [0.29, 0.717) is 37.0 Å². The number of nitrogens with zero attached hydrogens (tertiary/aromatic N) is 3. The van der Waals surface area contributed by atoms with Gasteiger partial charge in [0.1, 0.15) is 0 Å². The van der Waals surface area contributed by atoms with Crippen molar-refractivity contribution in [2.24, 2.45) is 0 Å². The lowest BCUT2D eigenvalue weighted by atomic mass is 9.84. The van der Waals surface area contributed by atoms with Gasteiger partial charge < -0.3 is 4.90 Å². The number of sulfonamides is 1. The number of rotatable bonds is 5. The summed E-state index contributed by atoms with van der Waals surface area (Å²) in [7, 11) is -3.54. The molecule has 0 unspecified atom stereocenters. The Morgan fingerprint density at radius 3 is 2.32 bits per heavy atom. The molecule has 1 aromatic heterocycles. The fourth-order valence-electron chi connectivity index (χ4n) is 4.39. The van der Waals surface area contributed by atoms with Crippen LogP contribution in [0.5, 0.6) is 0 Å². The first-order valence-electron chi connectivity index (χ1n) is 11.0. The van der Waals surface area contributed by atoms with Crippen LogP contribution in [0.4, 0.5) is 0 Å². The van der Waals surface area contributed by atoms with Gasteiger partial charge in [0.15, 0.2) is 0 Å². The molecule has 1 saturated carbocycles. The Balaban J connectivity index is 1.35. The number of aromatic nitrogens is 1. The summed E-state index contributed by atoms with van der Waals surface area (Å²) < 4.78 is 27.6. The summed E-state index contributed by atoms with van der Waals surface area (Å²) in [4.78, 5) is 18.5. The average Bonchev–Trinajstić information content (AvgIpc) is 2.84. The molecule has 0 radical (unpaired) electrons. The Labute approximate surface area is 184 Å². The summed E-state index contributed by atoms with van der Waals surface area (Å²) in [6.07, 6.45) is 12.8. The van der Waals surface area contributed by atoms with Crippen molar-refractivity contribution >= 4 is 22.0 Å². The highest BCUT2D eigenvalue weighted by Gasteiger charge is 2.29. The molecule has 2 heterocycles. The van der Waals surface area contributed by atoms with Gasteiger partial charge in [-0.3, -0.25) is 9.78 Å². The van der Waals surface area contributed by atoms with Crippen molar-refractivity contribution in [1.29, 1.82) is 0 Å². The number of hydrogen-bond acceptors (Lipinski definition) is 4. The number of amides is 1. The van der Waals surface area contributed by atoms with Crippen LogP contribution >= 0.6 is 0 Å². The zero-order valence-corrected chi connectivity index (χ0v) is 18.5. The second kappa shape index (κ2) is 9.75. The molecule has 0 bridgehead atoms. The Morgan fingerprint density at radius 1 is 0.968 bits per heavy atom. The Morgan fingerprint density at radius 2 is 1.68 bits per heavy atom. The van der Waals surface area contributed by atoms with Crippen LogP contribution in [0, 0.1) is 0 Å². The van der Waals surface area contributed by atoms with Crippen molar-refractivity contribution in [1.82, 2.24) is 14.2 Å². The quantitative estimate of drug-likeness (QED) is 0.667. The fourth-order valence-corrected chi connectivity index (χ4v) is 5.82. The van der Waals surface area contributed by atoms with Gasteiger partial charge >= 0.3 is 0 Å². The standard InChI is InChI=1S/C24H29N3O3S/c28-24(13-8-20-5-4-14-25-19-20)26-15-17-27(18-16-26)31(29,30)23-11-9-22(10-12-23)21-6-2-1-3-7-21/h4-5,8-14,19,21H,1-3,6-7,15-18H2. The molecule has 1 amide bonds. The molecule has 1 aliphatic heterocycles. The first-order chi connectivity index (χ1) is 15.0. The predicted octanol–water partition coefficient (Wildman–Crippen LogP) is 3.68. The number of carbonyl (C=O) groups is 1. The molecule has 2 fully saturated rings. The summed E-state index contributed by atoms with van der Waals surface area (Å²) in [5, 5.41) is 0. The van der Waals surface area contributed by atoms with Crippen molar-refractivity contribution in [2.45, 2.75) is 42.9 Å². The summed E-state index contributed by atoms with van der Waals surface area (Å²) in [5.74, 6) is 0.442. The van der Waals surface area contributed by atoms with Crippen LogP contribution in [0.15, 0.2) is 59.8 Å². The maximum Gasteiger partial charge on any atom is 0.246 e. The second-order valence-electron chi connectivity index (χ2n) is 8.25. The van der Waals surface area contributed by atoms with Crippen LogP contribution in [0.1, 0.15) is 49.1 Å². The zero-order chi connectivity index (χ0) is 21.7. The molecule has 0 spiro atoms. The van der Waals surface area contributed by atoms with Crippen molar-refractivity contribution in [2.75, 3.05) is 26.2 Å². The highest BCUT2D eigenvalue weighted by molar-refractivity contribution is 7.89. The number of benzene rings is 1. The molecule has 4 rings (SSSR count). The zero-order valence-electron chi connectivity index (χ0n) is 17.7.